The van der Waals surface area contributed by atoms with Crippen molar-refractivity contribution >= 4 is 11.9 Å². The summed E-state index contributed by atoms with van der Waals surface area (Å²) in [4.78, 5) is 26.3. The lowest BCUT2D eigenvalue weighted by Gasteiger charge is -2.25. The molecule has 2 aromatic carbocycles. The van der Waals surface area contributed by atoms with Gasteiger partial charge in [0.05, 0.1) is 12.0 Å². The predicted octanol–water partition coefficient (Wildman–Crippen LogP) is 3.34. The number of rotatable bonds is 5. The fourth-order valence-corrected chi connectivity index (χ4v) is 3.02. The Kier molecular flexibility index (Phi) is 4.94. The highest BCUT2D eigenvalue weighted by Crippen LogP contribution is 2.29. The Labute approximate surface area is 142 Å². The Morgan fingerprint density at radius 1 is 1.12 bits per heavy atom. The first-order chi connectivity index (χ1) is 11.6. The molecule has 4 heteroatoms. The minimum absolute atomic E-state index is 0.00742. The van der Waals surface area contributed by atoms with E-state index in [4.69, 9.17) is 4.74 Å². The molecule has 1 aliphatic heterocycles. The van der Waals surface area contributed by atoms with Crippen LogP contribution in [0.25, 0.3) is 0 Å². The summed E-state index contributed by atoms with van der Waals surface area (Å²) < 4.78 is 5.38. The molecule has 1 heterocycles. The molecule has 2 atom stereocenters. The molecule has 1 amide bonds. The number of ether oxygens (including phenoxy) is 1. The van der Waals surface area contributed by atoms with E-state index in [1.165, 1.54) is 0 Å². The number of nitrogens with zero attached hydrogens (tertiary/aromatic N) is 1. The van der Waals surface area contributed by atoms with Crippen LogP contribution in [0.1, 0.15) is 30.5 Å². The smallest absolute Gasteiger partial charge is 0.311 e. The number of esters is 1. The van der Waals surface area contributed by atoms with Crippen molar-refractivity contribution in [3.05, 3.63) is 71.8 Å². The van der Waals surface area contributed by atoms with E-state index in [1.807, 2.05) is 67.6 Å². The number of likely N-dealkylation sites (tertiary alicyclic amines) is 1. The Morgan fingerprint density at radius 3 is 2.42 bits per heavy atom. The van der Waals surface area contributed by atoms with Gasteiger partial charge in [0.1, 0.15) is 6.61 Å². The maximum absolute atomic E-state index is 12.3. The average molecular weight is 323 g/mol. The Hall–Kier alpha value is -2.62. The van der Waals surface area contributed by atoms with E-state index in [0.29, 0.717) is 6.54 Å². The van der Waals surface area contributed by atoms with Gasteiger partial charge in [0, 0.05) is 13.0 Å². The van der Waals surface area contributed by atoms with Crippen LogP contribution in [0.5, 0.6) is 0 Å². The van der Waals surface area contributed by atoms with E-state index in [2.05, 4.69) is 0 Å². The molecule has 0 N–H and O–H groups in total. The van der Waals surface area contributed by atoms with E-state index < -0.39 is 0 Å². The first-order valence-electron chi connectivity index (χ1n) is 8.20. The molecular formula is C20H21NO3. The van der Waals surface area contributed by atoms with Crippen molar-refractivity contribution in [2.24, 2.45) is 5.92 Å². The first kappa shape index (κ1) is 16.2. The van der Waals surface area contributed by atoms with Crippen molar-refractivity contribution in [1.29, 1.82) is 0 Å². The molecule has 0 radical (unpaired) electrons. The third-order valence-electron chi connectivity index (χ3n) is 4.47. The molecular weight excluding hydrogens is 302 g/mol. The second kappa shape index (κ2) is 7.30. The monoisotopic (exact) mass is 323 g/mol. The van der Waals surface area contributed by atoms with Gasteiger partial charge >= 0.3 is 5.97 Å². The minimum Gasteiger partial charge on any atom is -0.461 e. The van der Waals surface area contributed by atoms with Crippen molar-refractivity contribution < 1.29 is 14.3 Å². The quantitative estimate of drug-likeness (QED) is 0.793. The lowest BCUT2D eigenvalue weighted by Crippen LogP contribution is -2.29. The summed E-state index contributed by atoms with van der Waals surface area (Å²) in [5, 5.41) is 0. The zero-order valence-electron chi connectivity index (χ0n) is 13.7. The van der Waals surface area contributed by atoms with E-state index in [9.17, 15) is 9.59 Å². The number of amides is 1. The second-order valence-corrected chi connectivity index (χ2v) is 6.13. The summed E-state index contributed by atoms with van der Waals surface area (Å²) in [5.41, 5.74) is 2.02. The van der Waals surface area contributed by atoms with Crippen LogP contribution in [0.2, 0.25) is 0 Å². The molecule has 0 saturated carbocycles. The number of carbonyl (C=O) groups is 2. The fourth-order valence-electron chi connectivity index (χ4n) is 3.02. The summed E-state index contributed by atoms with van der Waals surface area (Å²) in [5.74, 6) is -0.671. The lowest BCUT2D eigenvalue weighted by molar-refractivity contribution is -0.149. The molecule has 124 valence electrons. The van der Waals surface area contributed by atoms with Gasteiger partial charge in [-0.3, -0.25) is 9.59 Å². The van der Waals surface area contributed by atoms with Gasteiger partial charge in [-0.1, -0.05) is 60.7 Å². The normalized spacial score (nSPS) is 18.5. The third kappa shape index (κ3) is 3.65. The lowest BCUT2D eigenvalue weighted by atomic mass is 10.1. The zero-order chi connectivity index (χ0) is 16.9. The molecule has 0 aromatic heterocycles. The zero-order valence-corrected chi connectivity index (χ0v) is 13.7. The van der Waals surface area contributed by atoms with Gasteiger partial charge in [-0.25, -0.2) is 0 Å². The van der Waals surface area contributed by atoms with Crippen LogP contribution in [0.15, 0.2) is 60.7 Å². The molecule has 0 bridgehead atoms. The molecule has 1 aliphatic rings. The van der Waals surface area contributed by atoms with Gasteiger partial charge in [-0.15, -0.1) is 0 Å². The highest BCUT2D eigenvalue weighted by Gasteiger charge is 2.37. The molecule has 0 unspecified atom stereocenters. The highest BCUT2D eigenvalue weighted by atomic mass is 16.5. The molecule has 0 spiro atoms. The maximum Gasteiger partial charge on any atom is 0.311 e. The van der Waals surface area contributed by atoms with E-state index in [-0.39, 0.29) is 36.9 Å². The number of hydrogen-bond donors (Lipinski definition) is 0. The van der Waals surface area contributed by atoms with Crippen molar-refractivity contribution in [3.63, 3.8) is 0 Å². The van der Waals surface area contributed by atoms with E-state index in [0.717, 1.165) is 11.1 Å². The van der Waals surface area contributed by atoms with Crippen LogP contribution in [-0.2, 0) is 20.9 Å². The summed E-state index contributed by atoms with van der Waals surface area (Å²) in [7, 11) is 0. The fraction of sp³-hybridized carbons (Fsp3) is 0.300. The van der Waals surface area contributed by atoms with Crippen molar-refractivity contribution in [2.45, 2.75) is 26.0 Å². The Morgan fingerprint density at radius 2 is 1.75 bits per heavy atom. The molecule has 1 fully saturated rings. The minimum atomic E-state index is -0.382. The molecule has 1 saturated heterocycles. The van der Waals surface area contributed by atoms with E-state index >= 15 is 0 Å². The standard InChI is InChI=1S/C20H21NO3/c1-15(17-10-6-3-7-11-17)21-13-18(12-19(21)22)20(23)24-14-16-8-4-2-5-9-16/h2-11,15,18H,12-14H2,1H3/t15-,18-/m1/s1. The van der Waals surface area contributed by atoms with Crippen LogP contribution in [0.4, 0.5) is 0 Å². The molecule has 0 aliphatic carbocycles. The SMILES string of the molecule is C[C@H](c1ccccc1)N1C[C@H](C(=O)OCc2ccccc2)CC1=O. The van der Waals surface area contributed by atoms with Crippen LogP contribution < -0.4 is 0 Å². The van der Waals surface area contributed by atoms with Crippen LogP contribution in [-0.4, -0.2) is 23.3 Å². The maximum atomic E-state index is 12.3. The van der Waals surface area contributed by atoms with Crippen molar-refractivity contribution in [3.8, 4) is 0 Å². The number of carbonyl (C=O) groups excluding carboxylic acids is 2. The molecule has 24 heavy (non-hydrogen) atoms. The van der Waals surface area contributed by atoms with Gasteiger partial charge in [0.25, 0.3) is 0 Å². The number of hydrogen-bond acceptors (Lipinski definition) is 3. The van der Waals surface area contributed by atoms with Crippen molar-refractivity contribution in [1.82, 2.24) is 4.90 Å². The van der Waals surface area contributed by atoms with E-state index in [1.54, 1.807) is 4.90 Å². The van der Waals surface area contributed by atoms with Gasteiger partial charge in [0.2, 0.25) is 5.91 Å². The largest absolute Gasteiger partial charge is 0.461 e. The third-order valence-corrected chi connectivity index (χ3v) is 4.47. The first-order valence-corrected chi connectivity index (χ1v) is 8.20. The molecule has 3 rings (SSSR count). The molecule has 2 aromatic rings. The highest BCUT2D eigenvalue weighted by molar-refractivity contribution is 5.87. The predicted molar refractivity (Wildman–Crippen MR) is 90.9 cm³/mol. The Balaban J connectivity index is 1.59. The topological polar surface area (TPSA) is 46.6 Å². The van der Waals surface area contributed by atoms with Gasteiger partial charge in [-0.2, -0.15) is 0 Å². The van der Waals surface area contributed by atoms with Gasteiger partial charge in [-0.05, 0) is 18.1 Å². The average Bonchev–Trinajstić information content (AvgIpc) is 3.02. The summed E-state index contributed by atoms with van der Waals surface area (Å²) in [6, 6.07) is 19.4. The Bertz CT molecular complexity index is 699. The van der Waals surface area contributed by atoms with Crippen LogP contribution in [0.3, 0.4) is 0 Å². The van der Waals surface area contributed by atoms with Crippen LogP contribution in [0, 0.1) is 5.92 Å². The second-order valence-electron chi connectivity index (χ2n) is 6.13. The summed E-state index contributed by atoms with van der Waals surface area (Å²) in [6.45, 7) is 2.66. The summed E-state index contributed by atoms with van der Waals surface area (Å²) >= 11 is 0. The van der Waals surface area contributed by atoms with Crippen LogP contribution >= 0.6 is 0 Å². The number of benzene rings is 2. The van der Waals surface area contributed by atoms with Crippen molar-refractivity contribution in [2.75, 3.05) is 6.54 Å². The molecule has 4 nitrogen and oxygen atoms in total. The van der Waals surface area contributed by atoms with Gasteiger partial charge in [0.15, 0.2) is 0 Å². The summed E-state index contributed by atoms with van der Waals surface area (Å²) in [6.07, 6.45) is 0.227. The van der Waals surface area contributed by atoms with Gasteiger partial charge < -0.3 is 9.64 Å².